The van der Waals surface area contributed by atoms with Crippen LogP contribution in [0.4, 0.5) is 0 Å². The smallest absolute Gasteiger partial charge is 0.181 e. The Morgan fingerprint density at radius 2 is 2.00 bits per heavy atom. The number of carbonyl (C=O) groups is 1. The monoisotopic (exact) mass is 244 g/mol. The van der Waals surface area contributed by atoms with E-state index in [4.69, 9.17) is 4.74 Å². The summed E-state index contributed by atoms with van der Waals surface area (Å²) in [5.74, 6) is 0.866. The maximum Gasteiger partial charge on any atom is 0.181 e. The first-order valence-electron chi connectivity index (χ1n) is 5.70. The van der Waals surface area contributed by atoms with Gasteiger partial charge in [0, 0.05) is 0 Å². The molecule has 17 heavy (non-hydrogen) atoms. The van der Waals surface area contributed by atoms with E-state index in [0.29, 0.717) is 4.88 Å². The highest BCUT2D eigenvalue weighted by atomic mass is 32.1. The minimum Gasteiger partial charge on any atom is -0.447 e. The van der Waals surface area contributed by atoms with Crippen molar-refractivity contribution in [1.82, 2.24) is 0 Å². The van der Waals surface area contributed by atoms with Crippen LogP contribution in [0.15, 0.2) is 30.3 Å². The molecule has 0 atom stereocenters. The van der Waals surface area contributed by atoms with Gasteiger partial charge in [0.2, 0.25) is 0 Å². The zero-order chi connectivity index (χ0) is 11.7. The highest BCUT2D eigenvalue weighted by molar-refractivity contribution is 7.15. The zero-order valence-electron chi connectivity index (χ0n) is 9.31. The Balaban J connectivity index is 1.83. The summed E-state index contributed by atoms with van der Waals surface area (Å²) >= 11 is 1.37. The molecule has 0 unspecified atom stereocenters. The molecule has 0 amide bonds. The normalized spacial score (nSPS) is 13.4. The van der Waals surface area contributed by atoms with Gasteiger partial charge in [0.25, 0.3) is 0 Å². The Kier molecular flexibility index (Phi) is 2.69. The maximum absolute atomic E-state index is 10.6. The van der Waals surface area contributed by atoms with Gasteiger partial charge in [-0.3, -0.25) is 4.79 Å². The first-order valence-corrected chi connectivity index (χ1v) is 6.51. The molecule has 0 saturated heterocycles. The summed E-state index contributed by atoms with van der Waals surface area (Å²) < 4.78 is 5.75. The van der Waals surface area contributed by atoms with Crippen molar-refractivity contribution in [2.45, 2.75) is 19.3 Å². The van der Waals surface area contributed by atoms with Crippen LogP contribution in [-0.4, -0.2) is 6.29 Å². The number of hydrogen-bond donors (Lipinski definition) is 0. The van der Waals surface area contributed by atoms with Crippen LogP contribution in [0.25, 0.3) is 0 Å². The predicted molar refractivity (Wildman–Crippen MR) is 68.2 cm³/mol. The molecule has 0 fully saturated rings. The highest BCUT2D eigenvalue weighted by Gasteiger charge is 2.11. The molecule has 2 aromatic rings. The lowest BCUT2D eigenvalue weighted by molar-refractivity contribution is 0.112. The molecular formula is C14H12O2S. The molecule has 0 aliphatic heterocycles. The van der Waals surface area contributed by atoms with Crippen molar-refractivity contribution < 1.29 is 9.53 Å². The largest absolute Gasteiger partial charge is 0.447 e. The van der Waals surface area contributed by atoms with Gasteiger partial charge >= 0.3 is 0 Å². The average Bonchev–Trinajstić information content (AvgIpc) is 2.96. The van der Waals surface area contributed by atoms with Crippen LogP contribution < -0.4 is 4.74 Å². The lowest BCUT2D eigenvalue weighted by atomic mass is 10.1. The van der Waals surface area contributed by atoms with Gasteiger partial charge in [-0.1, -0.05) is 17.4 Å². The van der Waals surface area contributed by atoms with Gasteiger partial charge in [-0.25, -0.2) is 0 Å². The second-order valence-corrected chi connectivity index (χ2v) is 5.24. The number of ether oxygens (including phenoxy) is 1. The van der Waals surface area contributed by atoms with Gasteiger partial charge in [0.1, 0.15) is 5.75 Å². The van der Waals surface area contributed by atoms with Gasteiger partial charge in [-0.05, 0) is 54.7 Å². The number of thiophene rings is 1. The molecule has 0 bridgehead atoms. The summed E-state index contributed by atoms with van der Waals surface area (Å²) in [6.45, 7) is 0. The summed E-state index contributed by atoms with van der Waals surface area (Å²) in [6, 6.07) is 9.88. The standard InChI is InChI=1S/C14H12O2S/c15-9-13-6-7-14(17-13)16-12-5-4-10-2-1-3-11(10)8-12/h4-9H,1-3H2. The molecule has 0 spiro atoms. The molecule has 0 radical (unpaired) electrons. The second-order valence-electron chi connectivity index (χ2n) is 4.16. The van der Waals surface area contributed by atoms with Crippen molar-refractivity contribution in [1.29, 1.82) is 0 Å². The van der Waals surface area contributed by atoms with E-state index in [0.717, 1.165) is 23.5 Å². The van der Waals surface area contributed by atoms with E-state index in [1.54, 1.807) is 6.07 Å². The summed E-state index contributed by atoms with van der Waals surface area (Å²) in [5.41, 5.74) is 2.84. The Hall–Kier alpha value is -1.61. The number of fused-ring (bicyclic) bond motifs is 1. The molecule has 3 rings (SSSR count). The Bertz CT molecular complexity index is 557. The van der Waals surface area contributed by atoms with Crippen molar-refractivity contribution in [3.8, 4) is 10.8 Å². The maximum atomic E-state index is 10.6. The number of aldehydes is 1. The second kappa shape index (κ2) is 4.34. The van der Waals surface area contributed by atoms with E-state index in [9.17, 15) is 4.79 Å². The van der Waals surface area contributed by atoms with Crippen molar-refractivity contribution in [2.24, 2.45) is 0 Å². The minimum absolute atomic E-state index is 0.696. The summed E-state index contributed by atoms with van der Waals surface area (Å²) in [4.78, 5) is 11.3. The molecule has 3 heteroatoms. The third-order valence-electron chi connectivity index (χ3n) is 3.01. The molecule has 1 aromatic carbocycles. The number of hydrogen-bond acceptors (Lipinski definition) is 3. The summed E-state index contributed by atoms with van der Waals surface area (Å²) in [6.07, 6.45) is 4.42. The molecule has 0 saturated carbocycles. The molecule has 1 aliphatic carbocycles. The van der Waals surface area contributed by atoms with E-state index < -0.39 is 0 Å². The third-order valence-corrected chi connectivity index (χ3v) is 3.90. The van der Waals surface area contributed by atoms with Crippen molar-refractivity contribution in [2.75, 3.05) is 0 Å². The van der Waals surface area contributed by atoms with E-state index in [1.807, 2.05) is 12.1 Å². The fourth-order valence-corrected chi connectivity index (χ4v) is 2.87. The molecule has 1 aliphatic rings. The summed E-state index contributed by atoms with van der Waals surface area (Å²) in [5, 5.41) is 0.769. The zero-order valence-corrected chi connectivity index (χ0v) is 10.1. The number of carbonyl (C=O) groups excluding carboxylic acids is 1. The lowest BCUT2D eigenvalue weighted by Crippen LogP contribution is -1.85. The topological polar surface area (TPSA) is 26.3 Å². The third kappa shape index (κ3) is 2.11. The van der Waals surface area contributed by atoms with E-state index in [-0.39, 0.29) is 0 Å². The van der Waals surface area contributed by atoms with E-state index >= 15 is 0 Å². The van der Waals surface area contributed by atoms with Crippen LogP contribution in [0.1, 0.15) is 27.2 Å². The average molecular weight is 244 g/mol. The van der Waals surface area contributed by atoms with Crippen molar-refractivity contribution in [3.63, 3.8) is 0 Å². The van der Waals surface area contributed by atoms with Crippen molar-refractivity contribution >= 4 is 17.6 Å². The van der Waals surface area contributed by atoms with Gasteiger partial charge in [-0.2, -0.15) is 0 Å². The molecule has 0 N–H and O–H groups in total. The number of aryl methyl sites for hydroxylation is 2. The molecule has 1 aromatic heterocycles. The van der Waals surface area contributed by atoms with E-state index in [2.05, 4.69) is 12.1 Å². The quantitative estimate of drug-likeness (QED) is 0.767. The van der Waals surface area contributed by atoms with Crippen LogP contribution in [0.2, 0.25) is 0 Å². The van der Waals surface area contributed by atoms with Gasteiger partial charge in [-0.15, -0.1) is 0 Å². The molecule has 86 valence electrons. The first-order chi connectivity index (χ1) is 8.35. The first kappa shape index (κ1) is 10.5. The van der Waals surface area contributed by atoms with E-state index in [1.165, 1.54) is 35.3 Å². The van der Waals surface area contributed by atoms with Gasteiger partial charge in [0.15, 0.2) is 11.3 Å². The van der Waals surface area contributed by atoms with Crippen LogP contribution in [-0.2, 0) is 12.8 Å². The van der Waals surface area contributed by atoms with Crippen LogP contribution in [0.3, 0.4) is 0 Å². The molecule has 2 nitrogen and oxygen atoms in total. The highest BCUT2D eigenvalue weighted by Crippen LogP contribution is 2.32. The van der Waals surface area contributed by atoms with Crippen LogP contribution >= 0.6 is 11.3 Å². The van der Waals surface area contributed by atoms with Crippen LogP contribution in [0.5, 0.6) is 10.8 Å². The SMILES string of the molecule is O=Cc1ccc(Oc2ccc3c(c2)CCC3)s1. The minimum atomic E-state index is 0.696. The number of benzene rings is 1. The fraction of sp³-hybridized carbons (Fsp3) is 0.214. The molecule has 1 heterocycles. The van der Waals surface area contributed by atoms with Gasteiger partial charge in [0.05, 0.1) is 4.88 Å². The van der Waals surface area contributed by atoms with Crippen LogP contribution in [0, 0.1) is 0 Å². The molecular weight excluding hydrogens is 232 g/mol. The lowest BCUT2D eigenvalue weighted by Gasteiger charge is -2.05. The summed E-state index contributed by atoms with van der Waals surface area (Å²) in [7, 11) is 0. The predicted octanol–water partition coefficient (Wildman–Crippen LogP) is 3.84. The Morgan fingerprint density at radius 1 is 1.12 bits per heavy atom. The van der Waals surface area contributed by atoms with Gasteiger partial charge < -0.3 is 4.74 Å². The Labute approximate surface area is 104 Å². The fourth-order valence-electron chi connectivity index (χ4n) is 2.18. The Morgan fingerprint density at radius 3 is 2.82 bits per heavy atom. The van der Waals surface area contributed by atoms with Crippen molar-refractivity contribution in [3.05, 3.63) is 46.3 Å². The number of rotatable bonds is 3.